The van der Waals surface area contributed by atoms with Gasteiger partial charge in [0.15, 0.2) is 0 Å². The van der Waals surface area contributed by atoms with Gasteiger partial charge in [0, 0.05) is 10.4 Å². The molecule has 1 aromatic carbocycles. The zero-order valence-corrected chi connectivity index (χ0v) is 14.1. The molecule has 0 unspecified atom stereocenters. The number of alkyl halides is 3. The zero-order valence-electron chi connectivity index (χ0n) is 13.2. The van der Waals surface area contributed by atoms with Crippen molar-refractivity contribution in [3.05, 3.63) is 50.6 Å². The predicted molar refractivity (Wildman–Crippen MR) is 91.9 cm³/mol. The Labute approximate surface area is 145 Å². The maximum atomic E-state index is 12.9. The molecule has 1 N–H and O–H groups in total. The van der Waals surface area contributed by atoms with E-state index in [1.165, 1.54) is 28.3 Å². The smallest absolute Gasteiger partial charge is 0.306 e. The van der Waals surface area contributed by atoms with Gasteiger partial charge in [0.05, 0.1) is 10.9 Å². The Bertz CT molecular complexity index is 1000. The molecule has 25 heavy (non-hydrogen) atoms. The van der Waals surface area contributed by atoms with E-state index in [9.17, 15) is 18.0 Å². The summed E-state index contributed by atoms with van der Waals surface area (Å²) in [4.78, 5) is 21.5. The highest BCUT2D eigenvalue weighted by atomic mass is 32.1. The number of rotatable bonds is 1. The van der Waals surface area contributed by atoms with E-state index in [2.05, 4.69) is 9.97 Å². The van der Waals surface area contributed by atoms with Gasteiger partial charge in [0.1, 0.15) is 10.7 Å². The van der Waals surface area contributed by atoms with Crippen LogP contribution < -0.4 is 5.56 Å². The maximum Gasteiger partial charge on any atom is 0.416 e. The third kappa shape index (κ3) is 2.97. The van der Waals surface area contributed by atoms with Crippen molar-refractivity contribution in [3.63, 3.8) is 0 Å². The molecular formula is C18H15F3N2OS. The van der Waals surface area contributed by atoms with Gasteiger partial charge in [-0.3, -0.25) is 4.79 Å². The van der Waals surface area contributed by atoms with Gasteiger partial charge in [-0.25, -0.2) is 4.98 Å². The molecule has 2 heterocycles. The summed E-state index contributed by atoms with van der Waals surface area (Å²) in [5.74, 6) is 0.181. The Morgan fingerprint density at radius 3 is 2.72 bits per heavy atom. The number of benzene rings is 1. The van der Waals surface area contributed by atoms with Crippen molar-refractivity contribution in [3.8, 4) is 11.4 Å². The molecule has 0 spiro atoms. The van der Waals surface area contributed by atoms with E-state index in [1.54, 1.807) is 0 Å². The fourth-order valence-corrected chi connectivity index (χ4v) is 4.58. The van der Waals surface area contributed by atoms with Gasteiger partial charge in [0.25, 0.3) is 5.56 Å². The number of aromatic nitrogens is 2. The number of thiophene rings is 1. The molecule has 4 rings (SSSR count). The first-order valence-electron chi connectivity index (χ1n) is 8.16. The monoisotopic (exact) mass is 364 g/mol. The van der Waals surface area contributed by atoms with Gasteiger partial charge in [-0.2, -0.15) is 13.2 Å². The van der Waals surface area contributed by atoms with Crippen molar-refractivity contribution in [1.29, 1.82) is 0 Å². The standard InChI is InChI=1S/C18H15F3N2OS/c19-18(20,21)11-6-4-5-10(9-11)15-22-16(24)14-12-7-2-1-3-8-13(12)25-17(14)23-15/h4-6,9H,1-3,7-8H2,(H,22,23,24). The maximum absolute atomic E-state index is 12.9. The number of nitrogens with zero attached hydrogens (tertiary/aromatic N) is 1. The average Bonchev–Trinajstić information content (AvgIpc) is 2.76. The molecule has 0 saturated heterocycles. The molecule has 0 aliphatic heterocycles. The number of hydrogen-bond acceptors (Lipinski definition) is 3. The first kappa shape index (κ1) is 16.3. The van der Waals surface area contributed by atoms with Crippen LogP contribution in [0.3, 0.4) is 0 Å². The number of hydrogen-bond donors (Lipinski definition) is 1. The van der Waals surface area contributed by atoms with Crippen LogP contribution in [0.5, 0.6) is 0 Å². The van der Waals surface area contributed by atoms with Crippen molar-refractivity contribution >= 4 is 21.6 Å². The first-order valence-corrected chi connectivity index (χ1v) is 8.97. The lowest BCUT2D eigenvalue weighted by atomic mass is 10.1. The summed E-state index contributed by atoms with van der Waals surface area (Å²) in [5.41, 5.74) is 0.311. The Balaban J connectivity index is 1.86. The van der Waals surface area contributed by atoms with E-state index in [-0.39, 0.29) is 16.9 Å². The van der Waals surface area contributed by atoms with Crippen LogP contribution >= 0.6 is 11.3 Å². The molecule has 2 aromatic heterocycles. The Hall–Kier alpha value is -2.15. The number of nitrogens with one attached hydrogen (secondary N) is 1. The lowest BCUT2D eigenvalue weighted by molar-refractivity contribution is -0.137. The molecule has 1 aliphatic carbocycles. The molecule has 130 valence electrons. The van der Waals surface area contributed by atoms with Crippen molar-refractivity contribution in [1.82, 2.24) is 9.97 Å². The fraction of sp³-hybridized carbons (Fsp3) is 0.333. The van der Waals surface area contributed by atoms with Crippen LogP contribution in [0.1, 0.15) is 35.3 Å². The van der Waals surface area contributed by atoms with Gasteiger partial charge in [-0.05, 0) is 43.4 Å². The number of aryl methyl sites for hydroxylation is 2. The number of halogens is 3. The van der Waals surface area contributed by atoms with Crippen LogP contribution in [-0.4, -0.2) is 9.97 Å². The van der Waals surface area contributed by atoms with E-state index >= 15 is 0 Å². The fourth-order valence-electron chi connectivity index (χ4n) is 3.32. The second-order valence-electron chi connectivity index (χ2n) is 6.24. The van der Waals surface area contributed by atoms with E-state index in [4.69, 9.17) is 0 Å². The molecule has 3 nitrogen and oxygen atoms in total. The molecule has 0 bridgehead atoms. The highest BCUT2D eigenvalue weighted by molar-refractivity contribution is 7.18. The lowest BCUT2D eigenvalue weighted by Crippen LogP contribution is -2.10. The van der Waals surface area contributed by atoms with Gasteiger partial charge in [0.2, 0.25) is 0 Å². The molecular weight excluding hydrogens is 349 g/mol. The van der Waals surface area contributed by atoms with Crippen LogP contribution in [0.15, 0.2) is 29.1 Å². The quantitative estimate of drug-likeness (QED) is 0.622. The second kappa shape index (κ2) is 5.98. The van der Waals surface area contributed by atoms with Gasteiger partial charge in [-0.1, -0.05) is 18.6 Å². The summed E-state index contributed by atoms with van der Waals surface area (Å²) in [6.45, 7) is 0. The summed E-state index contributed by atoms with van der Waals surface area (Å²) in [7, 11) is 0. The Morgan fingerprint density at radius 2 is 1.92 bits per heavy atom. The molecule has 0 saturated carbocycles. The van der Waals surface area contributed by atoms with Crippen LogP contribution in [0, 0.1) is 0 Å². The van der Waals surface area contributed by atoms with E-state index in [0.29, 0.717) is 10.2 Å². The van der Waals surface area contributed by atoms with Crippen molar-refractivity contribution in [2.24, 2.45) is 0 Å². The van der Waals surface area contributed by atoms with Crippen LogP contribution in [0.25, 0.3) is 21.6 Å². The molecule has 0 atom stereocenters. The van der Waals surface area contributed by atoms with Crippen molar-refractivity contribution < 1.29 is 13.2 Å². The number of fused-ring (bicyclic) bond motifs is 3. The average molecular weight is 364 g/mol. The van der Waals surface area contributed by atoms with Crippen LogP contribution in [0.4, 0.5) is 13.2 Å². The van der Waals surface area contributed by atoms with E-state index in [1.807, 2.05) is 0 Å². The largest absolute Gasteiger partial charge is 0.416 e. The van der Waals surface area contributed by atoms with Crippen LogP contribution in [-0.2, 0) is 19.0 Å². The van der Waals surface area contributed by atoms with E-state index in [0.717, 1.165) is 49.8 Å². The van der Waals surface area contributed by atoms with Crippen molar-refractivity contribution in [2.45, 2.75) is 38.3 Å². The molecule has 3 aromatic rings. The minimum absolute atomic E-state index is 0.181. The third-order valence-electron chi connectivity index (χ3n) is 4.54. The molecule has 0 radical (unpaired) electrons. The van der Waals surface area contributed by atoms with Gasteiger partial charge in [-0.15, -0.1) is 11.3 Å². The highest BCUT2D eigenvalue weighted by Gasteiger charge is 2.30. The summed E-state index contributed by atoms with van der Waals surface area (Å²) < 4.78 is 38.8. The molecule has 0 fully saturated rings. The zero-order chi connectivity index (χ0) is 17.6. The third-order valence-corrected chi connectivity index (χ3v) is 5.72. The summed E-state index contributed by atoms with van der Waals surface area (Å²) in [5, 5.41) is 0.609. The van der Waals surface area contributed by atoms with Gasteiger partial charge >= 0.3 is 6.18 Å². The molecule has 7 heteroatoms. The SMILES string of the molecule is O=c1[nH]c(-c2cccc(C(F)(F)F)c2)nc2sc3c(c12)CCCCC3. The normalized spacial score (nSPS) is 15.2. The summed E-state index contributed by atoms with van der Waals surface area (Å²) in [6.07, 6.45) is 0.667. The van der Waals surface area contributed by atoms with Gasteiger partial charge < -0.3 is 4.98 Å². The summed E-state index contributed by atoms with van der Waals surface area (Å²) in [6, 6.07) is 4.88. The minimum Gasteiger partial charge on any atom is -0.306 e. The first-order chi connectivity index (χ1) is 11.9. The second-order valence-corrected chi connectivity index (χ2v) is 7.32. The minimum atomic E-state index is -4.43. The molecule has 1 aliphatic rings. The highest BCUT2D eigenvalue weighted by Crippen LogP contribution is 2.35. The Kier molecular flexibility index (Phi) is 3.91. The molecule has 0 amide bonds. The number of H-pyrrole nitrogens is 1. The lowest BCUT2D eigenvalue weighted by Gasteiger charge is -2.08. The van der Waals surface area contributed by atoms with Crippen LogP contribution in [0.2, 0.25) is 0 Å². The van der Waals surface area contributed by atoms with E-state index < -0.39 is 11.7 Å². The number of aromatic amines is 1. The Morgan fingerprint density at radius 1 is 1.12 bits per heavy atom. The topological polar surface area (TPSA) is 45.8 Å². The summed E-state index contributed by atoms with van der Waals surface area (Å²) >= 11 is 1.49. The van der Waals surface area contributed by atoms with Crippen molar-refractivity contribution in [2.75, 3.05) is 0 Å². The predicted octanol–water partition coefficient (Wildman–Crippen LogP) is 4.94.